The number of H-pyrrole nitrogens is 1. The number of benzene rings is 1. The van der Waals surface area contributed by atoms with Crippen LogP contribution in [0.3, 0.4) is 0 Å². The standard InChI is InChI=1S/C19H23N3O/c23-18(19(9-10-19)16-6-2-1-3-7-16)22-12-4-5-15(14-22)13-17-8-11-20-21-17/h1-3,6-8,11,15H,4-5,9-10,12-14H2,(H,20,21). The molecule has 1 aliphatic carbocycles. The fourth-order valence-electron chi connectivity index (χ4n) is 3.94. The minimum absolute atomic E-state index is 0.225. The second-order valence-electron chi connectivity index (χ2n) is 6.99. The van der Waals surface area contributed by atoms with Gasteiger partial charge in [0.1, 0.15) is 0 Å². The maximum atomic E-state index is 13.1. The minimum Gasteiger partial charge on any atom is -0.342 e. The highest BCUT2D eigenvalue weighted by Gasteiger charge is 2.53. The Morgan fingerprint density at radius 1 is 1.26 bits per heavy atom. The second kappa shape index (κ2) is 5.84. The van der Waals surface area contributed by atoms with E-state index in [1.165, 1.54) is 17.7 Å². The lowest BCUT2D eigenvalue weighted by atomic mass is 9.90. The van der Waals surface area contributed by atoms with E-state index in [0.29, 0.717) is 11.8 Å². The average molecular weight is 309 g/mol. The first-order valence-electron chi connectivity index (χ1n) is 8.61. The van der Waals surface area contributed by atoms with E-state index in [1.807, 2.05) is 24.3 Å². The van der Waals surface area contributed by atoms with Crippen molar-refractivity contribution in [2.45, 2.75) is 37.5 Å². The second-order valence-corrected chi connectivity index (χ2v) is 6.99. The first kappa shape index (κ1) is 14.5. The molecule has 1 unspecified atom stereocenters. The lowest BCUT2D eigenvalue weighted by Gasteiger charge is -2.35. The van der Waals surface area contributed by atoms with E-state index in [9.17, 15) is 4.79 Å². The molecule has 1 aromatic heterocycles. The monoisotopic (exact) mass is 309 g/mol. The third kappa shape index (κ3) is 2.78. The Kier molecular flexibility index (Phi) is 3.68. The molecule has 0 bridgehead atoms. The van der Waals surface area contributed by atoms with E-state index in [1.54, 1.807) is 6.20 Å². The number of nitrogens with zero attached hydrogens (tertiary/aromatic N) is 2. The van der Waals surface area contributed by atoms with Crippen molar-refractivity contribution in [2.24, 2.45) is 5.92 Å². The first-order valence-corrected chi connectivity index (χ1v) is 8.61. The van der Waals surface area contributed by atoms with Crippen LogP contribution in [-0.4, -0.2) is 34.1 Å². The lowest BCUT2D eigenvalue weighted by molar-refractivity contribution is -0.135. The van der Waals surface area contributed by atoms with Crippen molar-refractivity contribution in [1.29, 1.82) is 0 Å². The van der Waals surface area contributed by atoms with Crippen molar-refractivity contribution in [3.63, 3.8) is 0 Å². The molecule has 2 fully saturated rings. The van der Waals surface area contributed by atoms with Gasteiger partial charge in [-0.05, 0) is 49.7 Å². The number of carbonyl (C=O) groups excluding carboxylic acids is 1. The summed E-state index contributed by atoms with van der Waals surface area (Å²) >= 11 is 0. The Morgan fingerprint density at radius 2 is 2.09 bits per heavy atom. The molecule has 4 heteroatoms. The van der Waals surface area contributed by atoms with Crippen molar-refractivity contribution >= 4 is 5.91 Å². The van der Waals surface area contributed by atoms with Crippen LogP contribution in [0.1, 0.15) is 36.9 Å². The van der Waals surface area contributed by atoms with Crippen molar-refractivity contribution < 1.29 is 4.79 Å². The van der Waals surface area contributed by atoms with Gasteiger partial charge in [0.15, 0.2) is 0 Å². The highest BCUT2D eigenvalue weighted by atomic mass is 16.2. The van der Waals surface area contributed by atoms with Crippen LogP contribution in [0.5, 0.6) is 0 Å². The van der Waals surface area contributed by atoms with Crippen LogP contribution in [0.2, 0.25) is 0 Å². The molecule has 4 nitrogen and oxygen atoms in total. The Morgan fingerprint density at radius 3 is 2.78 bits per heavy atom. The summed E-state index contributed by atoms with van der Waals surface area (Å²) in [5.74, 6) is 0.887. The maximum Gasteiger partial charge on any atom is 0.233 e. The van der Waals surface area contributed by atoms with Crippen LogP contribution in [0.15, 0.2) is 42.6 Å². The number of hydrogen-bond donors (Lipinski definition) is 1. The van der Waals surface area contributed by atoms with Crippen LogP contribution < -0.4 is 0 Å². The normalized spacial score (nSPS) is 22.8. The van der Waals surface area contributed by atoms with Crippen molar-refractivity contribution in [3.05, 3.63) is 53.9 Å². The fraction of sp³-hybridized carbons (Fsp3) is 0.474. The summed E-state index contributed by atoms with van der Waals surface area (Å²) in [4.78, 5) is 15.3. The molecule has 1 aromatic carbocycles. The highest BCUT2D eigenvalue weighted by molar-refractivity contribution is 5.91. The molecule has 120 valence electrons. The molecular weight excluding hydrogens is 286 g/mol. The average Bonchev–Trinajstić information content (AvgIpc) is 3.26. The van der Waals surface area contributed by atoms with Crippen LogP contribution in [0, 0.1) is 5.92 Å². The molecule has 1 N–H and O–H groups in total. The van der Waals surface area contributed by atoms with Gasteiger partial charge >= 0.3 is 0 Å². The molecule has 23 heavy (non-hydrogen) atoms. The summed E-state index contributed by atoms with van der Waals surface area (Å²) in [6.07, 6.45) is 7.09. The predicted molar refractivity (Wildman–Crippen MR) is 88.9 cm³/mol. The Balaban J connectivity index is 1.46. The van der Waals surface area contributed by atoms with Gasteiger partial charge in [-0.15, -0.1) is 0 Å². The predicted octanol–water partition coefficient (Wildman–Crippen LogP) is 2.92. The quantitative estimate of drug-likeness (QED) is 0.944. The van der Waals surface area contributed by atoms with Crippen LogP contribution in [0.25, 0.3) is 0 Å². The smallest absolute Gasteiger partial charge is 0.233 e. The molecule has 1 amide bonds. The van der Waals surface area contributed by atoms with E-state index in [-0.39, 0.29) is 5.41 Å². The summed E-state index contributed by atoms with van der Waals surface area (Å²) in [5.41, 5.74) is 2.14. The maximum absolute atomic E-state index is 13.1. The summed E-state index contributed by atoms with van der Waals surface area (Å²) in [7, 11) is 0. The third-order valence-electron chi connectivity index (χ3n) is 5.36. The molecule has 1 aliphatic heterocycles. The number of amides is 1. The van der Waals surface area contributed by atoms with E-state index in [4.69, 9.17) is 0 Å². The van der Waals surface area contributed by atoms with Gasteiger partial charge < -0.3 is 4.90 Å². The lowest BCUT2D eigenvalue weighted by Crippen LogP contribution is -2.45. The van der Waals surface area contributed by atoms with E-state index < -0.39 is 0 Å². The number of aromatic nitrogens is 2. The van der Waals surface area contributed by atoms with E-state index >= 15 is 0 Å². The zero-order valence-electron chi connectivity index (χ0n) is 13.4. The highest BCUT2D eigenvalue weighted by Crippen LogP contribution is 2.50. The van der Waals surface area contributed by atoms with Gasteiger partial charge in [-0.2, -0.15) is 5.10 Å². The van der Waals surface area contributed by atoms with Crippen LogP contribution >= 0.6 is 0 Å². The number of likely N-dealkylation sites (tertiary alicyclic amines) is 1. The van der Waals surface area contributed by atoms with Gasteiger partial charge in [0.25, 0.3) is 0 Å². The van der Waals surface area contributed by atoms with Gasteiger partial charge in [0.05, 0.1) is 5.41 Å². The zero-order chi connectivity index (χ0) is 15.7. The van der Waals surface area contributed by atoms with E-state index in [2.05, 4.69) is 27.2 Å². The van der Waals surface area contributed by atoms with Gasteiger partial charge in [0.2, 0.25) is 5.91 Å². The summed E-state index contributed by atoms with van der Waals surface area (Å²) in [6.45, 7) is 1.79. The summed E-state index contributed by atoms with van der Waals surface area (Å²) in [5, 5.41) is 7.07. The number of carbonyl (C=O) groups is 1. The molecule has 0 radical (unpaired) electrons. The summed E-state index contributed by atoms with van der Waals surface area (Å²) in [6, 6.07) is 12.4. The SMILES string of the molecule is O=C(N1CCCC(Cc2ccn[nH]2)C1)C1(c2ccccc2)CC1. The molecule has 2 aliphatic rings. The molecule has 1 saturated heterocycles. The van der Waals surface area contributed by atoms with Gasteiger partial charge in [0, 0.05) is 25.0 Å². The largest absolute Gasteiger partial charge is 0.342 e. The summed E-state index contributed by atoms with van der Waals surface area (Å²) < 4.78 is 0. The van der Waals surface area contributed by atoms with Crippen molar-refractivity contribution in [3.8, 4) is 0 Å². The molecule has 2 aromatic rings. The number of hydrogen-bond acceptors (Lipinski definition) is 2. The Bertz CT molecular complexity index is 661. The topological polar surface area (TPSA) is 49.0 Å². The fourth-order valence-corrected chi connectivity index (χ4v) is 3.94. The third-order valence-corrected chi connectivity index (χ3v) is 5.36. The Labute approximate surface area is 136 Å². The number of rotatable bonds is 4. The molecule has 4 rings (SSSR count). The molecule has 1 atom stereocenters. The Hall–Kier alpha value is -2.10. The van der Waals surface area contributed by atoms with Crippen molar-refractivity contribution in [2.75, 3.05) is 13.1 Å². The van der Waals surface area contributed by atoms with Crippen molar-refractivity contribution in [1.82, 2.24) is 15.1 Å². The zero-order valence-corrected chi connectivity index (χ0v) is 13.4. The minimum atomic E-state index is -0.225. The molecule has 0 spiro atoms. The number of nitrogens with one attached hydrogen (secondary N) is 1. The van der Waals surface area contributed by atoms with Crippen LogP contribution in [-0.2, 0) is 16.6 Å². The number of piperidine rings is 1. The molecule has 2 heterocycles. The van der Waals surface area contributed by atoms with Crippen LogP contribution in [0.4, 0.5) is 0 Å². The van der Waals surface area contributed by atoms with Gasteiger partial charge in [-0.25, -0.2) is 0 Å². The molecule has 1 saturated carbocycles. The first-order chi connectivity index (χ1) is 11.3. The molecular formula is C19H23N3O. The van der Waals surface area contributed by atoms with Gasteiger partial charge in [-0.1, -0.05) is 30.3 Å². The number of aromatic amines is 1. The van der Waals surface area contributed by atoms with Gasteiger partial charge in [-0.3, -0.25) is 9.89 Å². The van der Waals surface area contributed by atoms with E-state index in [0.717, 1.165) is 38.8 Å².